The van der Waals surface area contributed by atoms with Gasteiger partial charge in [-0.2, -0.15) is 4.39 Å². The summed E-state index contributed by atoms with van der Waals surface area (Å²) in [7, 11) is 0. The third kappa shape index (κ3) is 3.00. The van der Waals surface area contributed by atoms with Gasteiger partial charge >= 0.3 is 0 Å². The predicted octanol–water partition coefficient (Wildman–Crippen LogP) is 1.11. The Bertz CT molecular complexity index is 394. The first-order valence-electron chi connectivity index (χ1n) is 5.74. The van der Waals surface area contributed by atoms with Gasteiger partial charge in [-0.3, -0.25) is 4.79 Å². The second-order valence-electron chi connectivity index (χ2n) is 4.34. The summed E-state index contributed by atoms with van der Waals surface area (Å²) in [4.78, 5) is 15.1. The first kappa shape index (κ1) is 12.0. The fourth-order valence-corrected chi connectivity index (χ4v) is 2.09. The molecule has 1 aromatic rings. The summed E-state index contributed by atoms with van der Waals surface area (Å²) in [5.41, 5.74) is 0.332. The lowest BCUT2D eigenvalue weighted by Gasteiger charge is -2.14. The van der Waals surface area contributed by atoms with Crippen LogP contribution in [0.15, 0.2) is 18.3 Å². The second kappa shape index (κ2) is 5.23. The Hall–Kier alpha value is -1.49. The van der Waals surface area contributed by atoms with Crippen LogP contribution in [0.3, 0.4) is 0 Å². The van der Waals surface area contributed by atoms with Crippen molar-refractivity contribution >= 4 is 5.91 Å². The van der Waals surface area contributed by atoms with Crippen molar-refractivity contribution < 1.29 is 14.3 Å². The number of halogens is 1. The minimum absolute atomic E-state index is 0.132. The maximum atomic E-state index is 12.6. The molecule has 0 spiro atoms. The van der Waals surface area contributed by atoms with Crippen LogP contribution in [0, 0.1) is 11.9 Å². The first-order chi connectivity index (χ1) is 8.16. The minimum Gasteiger partial charge on any atom is -0.393 e. The fraction of sp³-hybridized carbons (Fsp3) is 0.500. The third-order valence-corrected chi connectivity index (χ3v) is 3.13. The molecule has 1 amide bonds. The summed E-state index contributed by atoms with van der Waals surface area (Å²) in [5.74, 6) is -0.753. The number of carbonyl (C=O) groups excluding carboxylic acids is 1. The number of aliphatic hydroxyl groups is 1. The number of aromatic nitrogens is 1. The van der Waals surface area contributed by atoms with E-state index in [1.54, 1.807) is 0 Å². The summed E-state index contributed by atoms with van der Waals surface area (Å²) in [5, 5.41) is 12.3. The third-order valence-electron chi connectivity index (χ3n) is 3.13. The molecule has 1 aliphatic carbocycles. The number of pyridine rings is 1. The van der Waals surface area contributed by atoms with Crippen molar-refractivity contribution in [2.24, 2.45) is 5.92 Å². The number of amides is 1. The molecule has 1 aliphatic rings. The maximum Gasteiger partial charge on any atom is 0.252 e. The molecular weight excluding hydrogens is 223 g/mol. The number of hydrogen-bond donors (Lipinski definition) is 2. The van der Waals surface area contributed by atoms with Gasteiger partial charge in [0.2, 0.25) is 5.95 Å². The number of nitrogens with one attached hydrogen (secondary N) is 1. The molecule has 2 atom stereocenters. The average molecular weight is 238 g/mol. The van der Waals surface area contributed by atoms with Crippen molar-refractivity contribution in [3.05, 3.63) is 29.8 Å². The van der Waals surface area contributed by atoms with E-state index in [1.165, 1.54) is 12.3 Å². The van der Waals surface area contributed by atoms with Crippen molar-refractivity contribution in [1.29, 1.82) is 0 Å². The first-order valence-corrected chi connectivity index (χ1v) is 5.74. The van der Waals surface area contributed by atoms with Gasteiger partial charge in [0.25, 0.3) is 5.91 Å². The predicted molar refractivity (Wildman–Crippen MR) is 59.9 cm³/mol. The van der Waals surface area contributed by atoms with Crippen LogP contribution < -0.4 is 5.32 Å². The van der Waals surface area contributed by atoms with Gasteiger partial charge in [-0.25, -0.2) is 4.98 Å². The molecule has 0 bridgehead atoms. The highest BCUT2D eigenvalue weighted by Crippen LogP contribution is 2.24. The molecule has 5 heteroatoms. The van der Waals surface area contributed by atoms with E-state index in [0.29, 0.717) is 12.1 Å². The topological polar surface area (TPSA) is 62.2 Å². The monoisotopic (exact) mass is 238 g/mol. The normalized spacial score (nSPS) is 23.6. The molecule has 4 nitrogen and oxygen atoms in total. The van der Waals surface area contributed by atoms with Gasteiger partial charge in [0.05, 0.1) is 11.7 Å². The molecule has 1 saturated carbocycles. The van der Waals surface area contributed by atoms with E-state index in [-0.39, 0.29) is 17.9 Å². The molecule has 2 rings (SSSR count). The zero-order valence-electron chi connectivity index (χ0n) is 9.40. The lowest BCUT2D eigenvalue weighted by Crippen LogP contribution is -2.32. The molecule has 2 unspecified atom stereocenters. The summed E-state index contributed by atoms with van der Waals surface area (Å²) < 4.78 is 12.6. The van der Waals surface area contributed by atoms with E-state index < -0.39 is 5.95 Å². The highest BCUT2D eigenvalue weighted by molar-refractivity contribution is 5.93. The van der Waals surface area contributed by atoms with E-state index in [9.17, 15) is 14.3 Å². The highest BCUT2D eigenvalue weighted by Gasteiger charge is 2.25. The quantitative estimate of drug-likeness (QED) is 0.775. The number of carbonyl (C=O) groups is 1. The van der Waals surface area contributed by atoms with Crippen LogP contribution in [0.25, 0.3) is 0 Å². The molecule has 17 heavy (non-hydrogen) atoms. The van der Waals surface area contributed by atoms with Gasteiger partial charge in [0.1, 0.15) is 0 Å². The zero-order valence-corrected chi connectivity index (χ0v) is 9.40. The van der Waals surface area contributed by atoms with Crippen molar-refractivity contribution in [3.63, 3.8) is 0 Å². The molecular formula is C12H15FN2O2. The van der Waals surface area contributed by atoms with Gasteiger partial charge in [-0.1, -0.05) is 6.42 Å². The fourth-order valence-electron chi connectivity index (χ4n) is 2.09. The zero-order chi connectivity index (χ0) is 12.3. The number of rotatable bonds is 3. The van der Waals surface area contributed by atoms with Gasteiger partial charge in [0, 0.05) is 18.7 Å². The molecule has 0 aromatic carbocycles. The van der Waals surface area contributed by atoms with Crippen molar-refractivity contribution in [3.8, 4) is 0 Å². The molecule has 0 radical (unpaired) electrons. The van der Waals surface area contributed by atoms with Gasteiger partial charge in [0.15, 0.2) is 0 Å². The standard InChI is InChI=1S/C12H15FN2O2/c13-11-5-4-9(7-14-11)12(17)15-6-8-2-1-3-10(8)16/h4-5,7-8,10,16H,1-3,6H2,(H,15,17). The number of hydrogen-bond acceptors (Lipinski definition) is 3. The van der Waals surface area contributed by atoms with Crippen molar-refractivity contribution in [2.45, 2.75) is 25.4 Å². The van der Waals surface area contributed by atoms with Crippen molar-refractivity contribution in [1.82, 2.24) is 10.3 Å². The van der Waals surface area contributed by atoms with Crippen LogP contribution in [0.5, 0.6) is 0 Å². The van der Waals surface area contributed by atoms with Crippen LogP contribution in [-0.4, -0.2) is 28.6 Å². The summed E-state index contributed by atoms with van der Waals surface area (Å²) in [6.45, 7) is 0.456. The Labute approximate surface area is 98.9 Å². The number of nitrogens with zero attached hydrogens (tertiary/aromatic N) is 1. The van der Waals surface area contributed by atoms with Gasteiger partial charge in [-0.15, -0.1) is 0 Å². The Morgan fingerprint density at radius 3 is 2.94 bits per heavy atom. The second-order valence-corrected chi connectivity index (χ2v) is 4.34. The van der Waals surface area contributed by atoms with Crippen molar-refractivity contribution in [2.75, 3.05) is 6.54 Å². The van der Waals surface area contributed by atoms with E-state index in [4.69, 9.17) is 0 Å². The lowest BCUT2D eigenvalue weighted by atomic mass is 10.1. The Kier molecular flexibility index (Phi) is 3.68. The molecule has 1 aromatic heterocycles. The van der Waals surface area contributed by atoms with E-state index in [2.05, 4.69) is 10.3 Å². The Morgan fingerprint density at radius 2 is 2.35 bits per heavy atom. The minimum atomic E-state index is -0.604. The summed E-state index contributed by atoms with van der Waals surface area (Å²) in [6.07, 6.45) is 3.62. The number of aliphatic hydroxyl groups excluding tert-OH is 1. The van der Waals surface area contributed by atoms with Crippen LogP contribution in [-0.2, 0) is 0 Å². The summed E-state index contributed by atoms with van der Waals surface area (Å²) >= 11 is 0. The van der Waals surface area contributed by atoms with Crippen LogP contribution in [0.2, 0.25) is 0 Å². The van der Waals surface area contributed by atoms with E-state index in [0.717, 1.165) is 25.3 Å². The molecule has 0 saturated heterocycles. The smallest absolute Gasteiger partial charge is 0.252 e. The molecule has 1 heterocycles. The maximum absolute atomic E-state index is 12.6. The largest absolute Gasteiger partial charge is 0.393 e. The molecule has 1 fully saturated rings. The highest BCUT2D eigenvalue weighted by atomic mass is 19.1. The molecule has 92 valence electrons. The van der Waals surface area contributed by atoms with Crippen LogP contribution in [0.1, 0.15) is 29.6 Å². The summed E-state index contributed by atoms with van der Waals surface area (Å²) in [6, 6.07) is 2.54. The Morgan fingerprint density at radius 1 is 1.53 bits per heavy atom. The SMILES string of the molecule is O=C(NCC1CCCC1O)c1ccc(F)nc1. The van der Waals surface area contributed by atoms with E-state index >= 15 is 0 Å². The lowest BCUT2D eigenvalue weighted by molar-refractivity contribution is 0.0916. The van der Waals surface area contributed by atoms with E-state index in [1.807, 2.05) is 0 Å². The van der Waals surface area contributed by atoms with Gasteiger partial charge in [-0.05, 0) is 25.0 Å². The Balaban J connectivity index is 1.87. The molecule has 2 N–H and O–H groups in total. The van der Waals surface area contributed by atoms with Crippen LogP contribution in [0.4, 0.5) is 4.39 Å². The average Bonchev–Trinajstić information content (AvgIpc) is 2.73. The van der Waals surface area contributed by atoms with Crippen LogP contribution >= 0.6 is 0 Å². The molecule has 0 aliphatic heterocycles. The van der Waals surface area contributed by atoms with Gasteiger partial charge < -0.3 is 10.4 Å².